The lowest BCUT2D eigenvalue weighted by Crippen LogP contribution is -2.58. The van der Waals surface area contributed by atoms with E-state index in [0.29, 0.717) is 23.1 Å². The monoisotopic (exact) mass is 592 g/mol. The number of esters is 3. The van der Waals surface area contributed by atoms with Crippen LogP contribution in [0.1, 0.15) is 60.4 Å². The molecule has 2 fully saturated rings. The number of fused-ring (bicyclic) bond motifs is 2. The Morgan fingerprint density at radius 2 is 1.93 bits per heavy atom. The fraction of sp³-hybridized carbons (Fsp3) is 0.361. The van der Waals surface area contributed by atoms with Crippen molar-refractivity contribution in [2.75, 3.05) is 13.2 Å². The number of allylic oxidation sites excluding steroid dienone is 2. The smallest absolute Gasteiger partial charge is 0.356 e. The summed E-state index contributed by atoms with van der Waals surface area (Å²) in [5.41, 5.74) is 1.95. The van der Waals surface area contributed by atoms with Crippen LogP contribution in [0.4, 0.5) is 0 Å². The van der Waals surface area contributed by atoms with Crippen molar-refractivity contribution in [1.82, 2.24) is 9.97 Å². The van der Waals surface area contributed by atoms with Crippen LogP contribution < -0.4 is 0 Å². The lowest BCUT2D eigenvalue weighted by atomic mass is 9.46. The predicted octanol–water partition coefficient (Wildman–Crippen LogP) is 6.44. The topological polar surface area (TPSA) is 105 Å². The van der Waals surface area contributed by atoms with Gasteiger partial charge in [-0.05, 0) is 67.4 Å². The fourth-order valence-corrected chi connectivity index (χ4v) is 7.52. The van der Waals surface area contributed by atoms with Gasteiger partial charge in [0.2, 0.25) is 0 Å². The number of hydrogen-bond donors (Lipinski definition) is 0. The van der Waals surface area contributed by atoms with Gasteiger partial charge in [0, 0.05) is 29.1 Å². The Morgan fingerprint density at radius 3 is 2.70 bits per heavy atom. The van der Waals surface area contributed by atoms with Crippen LogP contribution in [0.3, 0.4) is 0 Å². The van der Waals surface area contributed by atoms with Crippen molar-refractivity contribution in [1.29, 1.82) is 0 Å². The second kappa shape index (κ2) is 11.8. The standard InChI is InChI=1S/C36H36N2O6/c1-23-10-15-30-35(2,27(23)13-11-25-17-20-42-32(25)39)18-16-31(44-33(40)26-8-6-19-37-21-26)36(30,3)22-43-34(41)29-14-12-24-7-4-5-9-28(24)38-29/h4-9,11-14,17,19,21,27,30-31H,1,10,15-16,18,20,22H2,2-3H3/b13-11+/t27-,30+,31-,35+,36+/m1/s1. The highest BCUT2D eigenvalue weighted by Gasteiger charge is 2.59. The zero-order chi connectivity index (χ0) is 30.9. The molecule has 2 aliphatic carbocycles. The number of hydrogen-bond acceptors (Lipinski definition) is 8. The van der Waals surface area contributed by atoms with Gasteiger partial charge in [-0.1, -0.05) is 62.4 Å². The molecular formula is C36H36N2O6. The highest BCUT2D eigenvalue weighted by molar-refractivity contribution is 5.93. The van der Waals surface area contributed by atoms with Crippen molar-refractivity contribution in [3.05, 3.63) is 108 Å². The van der Waals surface area contributed by atoms with Crippen LogP contribution in [0.25, 0.3) is 10.9 Å². The summed E-state index contributed by atoms with van der Waals surface area (Å²) in [5.74, 6) is -1.32. The molecule has 0 N–H and O–H groups in total. The highest BCUT2D eigenvalue weighted by Crippen LogP contribution is 2.62. The first kappa shape index (κ1) is 29.5. The van der Waals surface area contributed by atoms with Crippen LogP contribution in [0.5, 0.6) is 0 Å². The van der Waals surface area contributed by atoms with Gasteiger partial charge in [-0.2, -0.15) is 0 Å². The quantitative estimate of drug-likeness (QED) is 0.175. The van der Waals surface area contributed by atoms with E-state index in [-0.39, 0.29) is 42.1 Å². The summed E-state index contributed by atoms with van der Waals surface area (Å²) >= 11 is 0. The average molecular weight is 593 g/mol. The molecule has 8 nitrogen and oxygen atoms in total. The van der Waals surface area contributed by atoms with E-state index in [1.807, 2.05) is 36.4 Å². The Bertz CT molecular complexity index is 1680. The van der Waals surface area contributed by atoms with Crippen LogP contribution in [-0.2, 0) is 19.0 Å². The molecule has 3 aromatic rings. The maximum absolute atomic E-state index is 13.4. The van der Waals surface area contributed by atoms with E-state index in [4.69, 9.17) is 14.2 Å². The van der Waals surface area contributed by atoms with Crippen molar-refractivity contribution in [3.8, 4) is 0 Å². The molecule has 8 heteroatoms. The van der Waals surface area contributed by atoms with Gasteiger partial charge in [-0.25, -0.2) is 19.4 Å². The number of pyridine rings is 2. The summed E-state index contributed by atoms with van der Waals surface area (Å²) in [4.78, 5) is 47.4. The van der Waals surface area contributed by atoms with Gasteiger partial charge >= 0.3 is 17.9 Å². The minimum absolute atomic E-state index is 0.0115. The average Bonchev–Trinajstić information content (AvgIpc) is 3.45. The molecule has 2 aromatic heterocycles. The summed E-state index contributed by atoms with van der Waals surface area (Å²) in [7, 11) is 0. The molecule has 1 aromatic carbocycles. The molecule has 1 aliphatic heterocycles. The zero-order valence-electron chi connectivity index (χ0n) is 25.0. The van der Waals surface area contributed by atoms with Gasteiger partial charge in [0.15, 0.2) is 0 Å². The first-order valence-corrected chi connectivity index (χ1v) is 15.1. The molecule has 6 rings (SSSR count). The van der Waals surface area contributed by atoms with Crippen molar-refractivity contribution < 1.29 is 28.6 Å². The van der Waals surface area contributed by atoms with Crippen LogP contribution in [-0.4, -0.2) is 47.2 Å². The Kier molecular flexibility index (Phi) is 7.93. The van der Waals surface area contributed by atoms with Crippen LogP contribution in [0.15, 0.2) is 96.9 Å². The van der Waals surface area contributed by atoms with Gasteiger partial charge in [0.05, 0.1) is 16.7 Å². The van der Waals surface area contributed by atoms with E-state index in [1.165, 1.54) is 6.20 Å². The number of ether oxygens (including phenoxy) is 3. The molecule has 3 aliphatic rings. The van der Waals surface area contributed by atoms with E-state index in [2.05, 4.69) is 36.5 Å². The second-order valence-corrected chi connectivity index (χ2v) is 12.5. The van der Waals surface area contributed by atoms with E-state index in [1.54, 1.807) is 30.5 Å². The Morgan fingerprint density at radius 1 is 1.09 bits per heavy atom. The van der Waals surface area contributed by atoms with Gasteiger partial charge in [-0.15, -0.1) is 0 Å². The number of nitrogens with zero attached hydrogens (tertiary/aromatic N) is 2. The maximum atomic E-state index is 13.4. The summed E-state index contributed by atoms with van der Waals surface area (Å²) in [6.07, 6.45) is 11.2. The third-order valence-electron chi connectivity index (χ3n) is 9.87. The molecule has 226 valence electrons. The first-order valence-electron chi connectivity index (χ1n) is 15.1. The number of para-hydroxylation sites is 1. The number of carbonyl (C=O) groups is 3. The molecule has 3 heterocycles. The minimum Gasteiger partial charge on any atom is -0.460 e. The van der Waals surface area contributed by atoms with Crippen molar-refractivity contribution in [2.24, 2.45) is 22.7 Å². The summed E-state index contributed by atoms with van der Waals surface area (Å²) in [6, 6.07) is 14.5. The third kappa shape index (κ3) is 5.45. The largest absolute Gasteiger partial charge is 0.460 e. The van der Waals surface area contributed by atoms with Gasteiger partial charge in [0.1, 0.15) is 25.0 Å². The molecule has 0 spiro atoms. The Labute approximate surface area is 256 Å². The molecular weight excluding hydrogens is 556 g/mol. The predicted molar refractivity (Wildman–Crippen MR) is 164 cm³/mol. The number of benzene rings is 1. The van der Waals surface area contributed by atoms with Gasteiger partial charge in [-0.3, -0.25) is 4.98 Å². The number of cyclic esters (lactones) is 1. The summed E-state index contributed by atoms with van der Waals surface area (Å²) in [6.45, 7) is 9.04. The zero-order valence-corrected chi connectivity index (χ0v) is 25.0. The van der Waals surface area contributed by atoms with Gasteiger partial charge in [0.25, 0.3) is 0 Å². The molecule has 0 amide bonds. The van der Waals surface area contributed by atoms with Crippen molar-refractivity contribution in [2.45, 2.75) is 45.6 Å². The SMILES string of the molecule is C=C1CC[C@@H]2[C@](C)(COC(=O)c3ccc4ccccc4n3)[C@H](OC(=O)c3cccnc3)CC[C@@]2(C)[C@@H]1/C=C/C1=CCOC1=O. The minimum atomic E-state index is -0.713. The Hall–Kier alpha value is -4.59. The fourth-order valence-electron chi connectivity index (χ4n) is 7.52. The molecule has 5 atom stereocenters. The van der Waals surface area contributed by atoms with E-state index >= 15 is 0 Å². The summed E-state index contributed by atoms with van der Waals surface area (Å²) < 4.78 is 17.3. The van der Waals surface area contributed by atoms with E-state index in [0.717, 1.165) is 30.2 Å². The molecule has 0 unspecified atom stereocenters. The molecule has 0 bridgehead atoms. The first-order chi connectivity index (χ1) is 21.2. The van der Waals surface area contributed by atoms with E-state index < -0.39 is 23.5 Å². The van der Waals surface area contributed by atoms with Crippen LogP contribution >= 0.6 is 0 Å². The van der Waals surface area contributed by atoms with Crippen molar-refractivity contribution >= 4 is 28.8 Å². The lowest BCUT2D eigenvalue weighted by Gasteiger charge is -2.59. The highest BCUT2D eigenvalue weighted by atomic mass is 16.6. The normalized spacial score (nSPS) is 28.3. The number of carbonyl (C=O) groups excluding carboxylic acids is 3. The molecule has 44 heavy (non-hydrogen) atoms. The number of aromatic nitrogens is 2. The second-order valence-electron chi connectivity index (χ2n) is 12.5. The van der Waals surface area contributed by atoms with Crippen molar-refractivity contribution in [3.63, 3.8) is 0 Å². The number of rotatable bonds is 7. The molecule has 0 saturated heterocycles. The lowest BCUT2D eigenvalue weighted by molar-refractivity contribution is -0.150. The van der Waals surface area contributed by atoms with E-state index in [9.17, 15) is 14.4 Å². The summed E-state index contributed by atoms with van der Waals surface area (Å²) in [5, 5.41) is 0.935. The maximum Gasteiger partial charge on any atom is 0.356 e. The molecule has 0 radical (unpaired) electrons. The Balaban J connectivity index is 1.30. The van der Waals surface area contributed by atoms with Crippen LogP contribution in [0, 0.1) is 22.7 Å². The third-order valence-corrected chi connectivity index (χ3v) is 9.87. The van der Waals surface area contributed by atoms with Gasteiger partial charge < -0.3 is 14.2 Å². The van der Waals surface area contributed by atoms with Crippen LogP contribution in [0.2, 0.25) is 0 Å². The molecule has 2 saturated carbocycles.